The van der Waals surface area contributed by atoms with E-state index in [1.54, 1.807) is 7.11 Å². The Morgan fingerprint density at radius 3 is 2.68 bits per heavy atom. The van der Waals surface area contributed by atoms with E-state index in [0.29, 0.717) is 12.5 Å². The lowest BCUT2D eigenvalue weighted by Crippen LogP contribution is -2.35. The molecule has 0 aliphatic heterocycles. The van der Waals surface area contributed by atoms with Crippen molar-refractivity contribution in [2.45, 2.75) is 51.0 Å². The Labute approximate surface area is 132 Å². The molecule has 1 aliphatic rings. The molecule has 122 valence electrons. The van der Waals surface area contributed by atoms with Gasteiger partial charge in [0.25, 0.3) is 0 Å². The van der Waals surface area contributed by atoms with Gasteiger partial charge in [-0.1, -0.05) is 25.5 Å². The minimum atomic E-state index is -0.195. The smallest absolute Gasteiger partial charge is 0.227 e. The van der Waals surface area contributed by atoms with Gasteiger partial charge < -0.3 is 15.2 Å². The summed E-state index contributed by atoms with van der Waals surface area (Å²) < 4.78 is 5.16. The Morgan fingerprint density at radius 1 is 1.36 bits per heavy atom. The Hall–Kier alpha value is -1.55. The molecule has 0 spiro atoms. The van der Waals surface area contributed by atoms with E-state index in [1.807, 2.05) is 31.2 Å². The molecule has 4 nitrogen and oxygen atoms in total. The van der Waals surface area contributed by atoms with Crippen LogP contribution in [0, 0.1) is 5.92 Å². The molecule has 1 aromatic carbocycles. The summed E-state index contributed by atoms with van der Waals surface area (Å²) in [6.45, 7) is 2.70. The summed E-state index contributed by atoms with van der Waals surface area (Å²) in [4.78, 5) is 12.4. The highest BCUT2D eigenvalue weighted by atomic mass is 16.5. The van der Waals surface area contributed by atoms with E-state index in [0.717, 1.165) is 43.4 Å². The molecule has 1 aromatic rings. The number of carbonyl (C=O) groups is 1. The van der Waals surface area contributed by atoms with Crippen molar-refractivity contribution in [2.75, 3.05) is 13.7 Å². The lowest BCUT2D eigenvalue weighted by molar-refractivity contribution is -0.123. The summed E-state index contributed by atoms with van der Waals surface area (Å²) in [5.41, 5.74) is 1.02. The Kier molecular flexibility index (Phi) is 6.25. The maximum atomic E-state index is 12.4. The van der Waals surface area contributed by atoms with Crippen molar-refractivity contribution in [1.82, 2.24) is 5.32 Å². The van der Waals surface area contributed by atoms with Crippen LogP contribution in [0.2, 0.25) is 0 Å². The van der Waals surface area contributed by atoms with E-state index in [4.69, 9.17) is 4.74 Å². The summed E-state index contributed by atoms with van der Waals surface area (Å²) in [6.07, 6.45) is 4.42. The Balaban J connectivity index is 1.90. The third kappa shape index (κ3) is 4.47. The number of aliphatic hydroxyl groups excluding tert-OH is 1. The third-order valence-electron chi connectivity index (χ3n) is 4.56. The van der Waals surface area contributed by atoms with Crippen LogP contribution in [0.3, 0.4) is 0 Å². The van der Waals surface area contributed by atoms with Gasteiger partial charge >= 0.3 is 0 Å². The molecule has 1 saturated carbocycles. The average Bonchev–Trinajstić information content (AvgIpc) is 2.54. The minimum Gasteiger partial charge on any atom is -0.497 e. The van der Waals surface area contributed by atoms with Gasteiger partial charge in [0.1, 0.15) is 5.75 Å². The summed E-state index contributed by atoms with van der Waals surface area (Å²) in [5, 5.41) is 12.8. The zero-order chi connectivity index (χ0) is 15.9. The Bertz CT molecular complexity index is 472. The van der Waals surface area contributed by atoms with Crippen molar-refractivity contribution in [1.29, 1.82) is 0 Å². The molecule has 0 radical (unpaired) electrons. The fourth-order valence-electron chi connectivity index (χ4n) is 3.22. The van der Waals surface area contributed by atoms with Gasteiger partial charge in [-0.25, -0.2) is 0 Å². The van der Waals surface area contributed by atoms with Crippen molar-refractivity contribution >= 4 is 5.91 Å². The van der Waals surface area contributed by atoms with Crippen LogP contribution in [0.15, 0.2) is 24.3 Å². The molecule has 0 aromatic heterocycles. The molecular weight excluding hydrogens is 278 g/mol. The van der Waals surface area contributed by atoms with E-state index in [9.17, 15) is 9.90 Å². The van der Waals surface area contributed by atoms with Gasteiger partial charge in [-0.2, -0.15) is 0 Å². The first-order valence-corrected chi connectivity index (χ1v) is 8.23. The number of ether oxygens (including phenoxy) is 1. The van der Waals surface area contributed by atoms with Crippen LogP contribution in [-0.4, -0.2) is 30.8 Å². The lowest BCUT2D eigenvalue weighted by Gasteiger charge is -2.26. The third-order valence-corrected chi connectivity index (χ3v) is 4.56. The molecule has 3 unspecified atom stereocenters. The molecule has 4 heteroatoms. The van der Waals surface area contributed by atoms with Crippen LogP contribution in [0.1, 0.15) is 50.5 Å². The first kappa shape index (κ1) is 16.8. The quantitative estimate of drug-likeness (QED) is 0.849. The van der Waals surface area contributed by atoms with E-state index < -0.39 is 0 Å². The van der Waals surface area contributed by atoms with E-state index >= 15 is 0 Å². The molecule has 22 heavy (non-hydrogen) atoms. The summed E-state index contributed by atoms with van der Waals surface area (Å²) in [7, 11) is 1.64. The van der Waals surface area contributed by atoms with Crippen LogP contribution in [-0.2, 0) is 4.79 Å². The number of hydrogen-bond acceptors (Lipinski definition) is 3. The SMILES string of the molecule is CCC(C(=O)NCC1CCCC(O)C1)c1ccc(OC)cc1. The first-order chi connectivity index (χ1) is 10.6. The van der Waals surface area contributed by atoms with Gasteiger partial charge in [-0.05, 0) is 49.3 Å². The number of rotatable bonds is 6. The molecular formula is C18H27NO3. The average molecular weight is 305 g/mol. The number of methoxy groups -OCH3 is 1. The first-order valence-electron chi connectivity index (χ1n) is 8.23. The molecule has 1 amide bonds. The molecule has 2 N–H and O–H groups in total. The van der Waals surface area contributed by atoms with Crippen molar-refractivity contribution < 1.29 is 14.6 Å². The Morgan fingerprint density at radius 2 is 2.09 bits per heavy atom. The second kappa shape index (κ2) is 8.18. The van der Waals surface area contributed by atoms with E-state index in [1.165, 1.54) is 0 Å². The maximum Gasteiger partial charge on any atom is 0.227 e. The van der Waals surface area contributed by atoms with Crippen LogP contribution in [0.5, 0.6) is 5.75 Å². The highest BCUT2D eigenvalue weighted by Gasteiger charge is 2.23. The van der Waals surface area contributed by atoms with Crippen LogP contribution in [0.25, 0.3) is 0 Å². The number of hydrogen-bond donors (Lipinski definition) is 2. The zero-order valence-corrected chi connectivity index (χ0v) is 13.5. The summed E-state index contributed by atoms with van der Waals surface area (Å²) >= 11 is 0. The fourth-order valence-corrected chi connectivity index (χ4v) is 3.22. The molecule has 1 fully saturated rings. The topological polar surface area (TPSA) is 58.6 Å². The van der Waals surface area contributed by atoms with Crippen molar-refractivity contribution in [2.24, 2.45) is 5.92 Å². The number of amides is 1. The largest absolute Gasteiger partial charge is 0.497 e. The summed E-state index contributed by atoms with van der Waals surface area (Å²) in [6, 6.07) is 7.69. The van der Waals surface area contributed by atoms with E-state index in [-0.39, 0.29) is 17.9 Å². The highest BCUT2D eigenvalue weighted by Crippen LogP contribution is 2.25. The van der Waals surface area contributed by atoms with Gasteiger partial charge in [0.15, 0.2) is 0 Å². The lowest BCUT2D eigenvalue weighted by atomic mass is 9.87. The number of nitrogens with one attached hydrogen (secondary N) is 1. The fraction of sp³-hybridized carbons (Fsp3) is 0.611. The van der Waals surface area contributed by atoms with Gasteiger partial charge in [0, 0.05) is 6.54 Å². The maximum absolute atomic E-state index is 12.4. The normalized spacial score (nSPS) is 22.9. The van der Waals surface area contributed by atoms with Crippen molar-refractivity contribution in [3.63, 3.8) is 0 Å². The predicted molar refractivity (Wildman–Crippen MR) is 87.0 cm³/mol. The number of benzene rings is 1. The highest BCUT2D eigenvalue weighted by molar-refractivity contribution is 5.83. The number of aliphatic hydroxyl groups is 1. The van der Waals surface area contributed by atoms with Gasteiger partial charge in [-0.3, -0.25) is 4.79 Å². The van der Waals surface area contributed by atoms with Gasteiger partial charge in [-0.15, -0.1) is 0 Å². The predicted octanol–water partition coefficient (Wildman–Crippen LogP) is 2.86. The van der Waals surface area contributed by atoms with Crippen LogP contribution < -0.4 is 10.1 Å². The minimum absolute atomic E-state index is 0.0766. The molecule has 1 aliphatic carbocycles. The second-order valence-electron chi connectivity index (χ2n) is 6.17. The molecule has 0 bridgehead atoms. The molecule has 2 rings (SSSR count). The van der Waals surface area contributed by atoms with Crippen LogP contribution >= 0.6 is 0 Å². The van der Waals surface area contributed by atoms with Crippen LogP contribution in [0.4, 0.5) is 0 Å². The van der Waals surface area contributed by atoms with Crippen molar-refractivity contribution in [3.8, 4) is 5.75 Å². The van der Waals surface area contributed by atoms with Gasteiger partial charge in [0.2, 0.25) is 5.91 Å². The van der Waals surface area contributed by atoms with Crippen molar-refractivity contribution in [3.05, 3.63) is 29.8 Å². The summed E-state index contributed by atoms with van der Waals surface area (Å²) in [5.74, 6) is 1.16. The standard InChI is InChI=1S/C18H27NO3/c1-3-17(14-7-9-16(22-2)10-8-14)18(21)19-12-13-5-4-6-15(20)11-13/h7-10,13,15,17,20H,3-6,11-12H2,1-2H3,(H,19,21). The molecule has 0 heterocycles. The second-order valence-corrected chi connectivity index (χ2v) is 6.17. The molecule has 0 saturated heterocycles. The monoisotopic (exact) mass is 305 g/mol. The van der Waals surface area contributed by atoms with Gasteiger partial charge in [0.05, 0.1) is 19.1 Å². The van der Waals surface area contributed by atoms with E-state index in [2.05, 4.69) is 5.32 Å². The zero-order valence-electron chi connectivity index (χ0n) is 13.5. The number of carbonyl (C=O) groups excluding carboxylic acids is 1. The molecule has 3 atom stereocenters.